The average Bonchev–Trinajstić information content (AvgIpc) is 3.49. The molecule has 0 saturated carbocycles. The van der Waals surface area contributed by atoms with Crippen LogP contribution in [0, 0.1) is 13.8 Å². The first-order valence-electron chi connectivity index (χ1n) is 18.5. The van der Waals surface area contributed by atoms with E-state index in [1.54, 1.807) is 0 Å². The Hall–Kier alpha value is -6.70. The number of aryl methyl sites for hydroxylation is 1. The van der Waals surface area contributed by atoms with Gasteiger partial charge in [0.05, 0.1) is 5.52 Å². The Morgan fingerprint density at radius 2 is 0.868 bits per heavy atom. The summed E-state index contributed by atoms with van der Waals surface area (Å²) < 4.78 is 2.50. The van der Waals surface area contributed by atoms with Crippen LogP contribution in [0.5, 0.6) is 0 Å². The minimum absolute atomic E-state index is 1.18. The van der Waals surface area contributed by atoms with Crippen LogP contribution in [-0.4, -0.2) is 4.57 Å². The fourth-order valence-electron chi connectivity index (χ4n) is 9.15. The third-order valence-corrected chi connectivity index (χ3v) is 11.7. The molecule has 1 heteroatoms. The van der Waals surface area contributed by atoms with E-state index < -0.39 is 0 Å². The molecule has 0 unspecified atom stereocenters. The quantitative estimate of drug-likeness (QED) is 0.165. The summed E-state index contributed by atoms with van der Waals surface area (Å²) in [6.07, 6.45) is 0. The van der Waals surface area contributed by atoms with E-state index in [4.69, 9.17) is 0 Å². The van der Waals surface area contributed by atoms with Crippen molar-refractivity contribution in [3.8, 4) is 27.9 Å². The largest absolute Gasteiger partial charge is 0.313 e. The van der Waals surface area contributed by atoms with Crippen molar-refractivity contribution in [3.05, 3.63) is 187 Å². The van der Waals surface area contributed by atoms with Gasteiger partial charge in [0, 0.05) is 22.2 Å². The van der Waals surface area contributed by atoms with Crippen LogP contribution >= 0.6 is 0 Å². The summed E-state index contributed by atoms with van der Waals surface area (Å²) in [5, 5.41) is 16.8. The van der Waals surface area contributed by atoms with Gasteiger partial charge in [-0.05, 0) is 131 Å². The smallest absolute Gasteiger partial charge is 0.0619 e. The Morgan fingerprint density at radius 1 is 0.340 bits per heavy atom. The van der Waals surface area contributed by atoms with E-state index in [2.05, 4.69) is 194 Å². The first-order valence-corrected chi connectivity index (χ1v) is 18.5. The number of hydrogen-bond acceptors (Lipinski definition) is 0. The number of benzene rings is 10. The van der Waals surface area contributed by atoms with Crippen molar-refractivity contribution in [2.75, 3.05) is 0 Å². The Kier molecular flexibility index (Phi) is 6.45. The number of rotatable bonds is 3. The second kappa shape index (κ2) is 11.4. The van der Waals surface area contributed by atoms with Crippen LogP contribution < -0.4 is 0 Å². The van der Waals surface area contributed by atoms with Gasteiger partial charge < -0.3 is 4.57 Å². The maximum absolute atomic E-state index is 2.50. The SMILES string of the molecule is Cc1c(C)n(-c2ccc(-c3cc4ccccc4c4ccccc34)cc2)c2c3ccccc3c3cc(-c4ccc5ccccc5c4)c4ccccc4c3c12. The molecule has 0 aliphatic carbocycles. The van der Waals surface area contributed by atoms with Crippen molar-refractivity contribution in [1.29, 1.82) is 0 Å². The third kappa shape index (κ3) is 4.38. The van der Waals surface area contributed by atoms with Crippen LogP contribution in [0.1, 0.15) is 11.3 Å². The molecule has 0 N–H and O–H groups in total. The highest BCUT2D eigenvalue weighted by Crippen LogP contribution is 2.46. The molecule has 0 fully saturated rings. The lowest BCUT2D eigenvalue weighted by atomic mass is 9.88. The van der Waals surface area contributed by atoms with Gasteiger partial charge in [-0.1, -0.05) is 146 Å². The maximum atomic E-state index is 2.50. The summed E-state index contributed by atoms with van der Waals surface area (Å²) in [7, 11) is 0. The molecule has 11 rings (SSSR count). The van der Waals surface area contributed by atoms with E-state index in [1.165, 1.54) is 115 Å². The summed E-state index contributed by atoms with van der Waals surface area (Å²) in [6.45, 7) is 4.59. The van der Waals surface area contributed by atoms with Crippen molar-refractivity contribution < 1.29 is 0 Å². The van der Waals surface area contributed by atoms with Gasteiger partial charge in [0.1, 0.15) is 0 Å². The monoisotopic (exact) mass is 673 g/mol. The summed E-state index contributed by atoms with van der Waals surface area (Å²) in [4.78, 5) is 0. The zero-order chi connectivity index (χ0) is 35.2. The first-order chi connectivity index (χ1) is 26.1. The van der Waals surface area contributed by atoms with Gasteiger partial charge in [0.2, 0.25) is 0 Å². The highest BCUT2D eigenvalue weighted by molar-refractivity contribution is 6.33. The molecule has 0 amide bonds. The molecule has 0 spiro atoms. The van der Waals surface area contributed by atoms with Crippen molar-refractivity contribution in [2.24, 2.45) is 0 Å². The van der Waals surface area contributed by atoms with Gasteiger partial charge in [-0.3, -0.25) is 0 Å². The Morgan fingerprint density at radius 3 is 1.60 bits per heavy atom. The standard InChI is InChI=1S/C52H35N/c1-32-33(2)53(39-27-25-35(26-28-39)47-30-37-15-5-6-16-40(37)41-17-7-8-18-42(41)47)52-46-22-12-10-20-44(46)49-31-48(38-24-23-34-13-3-4-14-36(34)29-38)43-19-9-11-21-45(43)51(49)50(32)52/h3-31H,1-2H3. The Labute approximate surface area is 308 Å². The molecule has 10 aromatic carbocycles. The van der Waals surface area contributed by atoms with Gasteiger partial charge in [-0.25, -0.2) is 0 Å². The molecule has 0 bridgehead atoms. The normalized spacial score (nSPS) is 12.0. The van der Waals surface area contributed by atoms with Gasteiger partial charge >= 0.3 is 0 Å². The molecule has 0 aliphatic rings. The van der Waals surface area contributed by atoms with Crippen LogP contribution in [0.2, 0.25) is 0 Å². The van der Waals surface area contributed by atoms with Gasteiger partial charge in [0.15, 0.2) is 0 Å². The predicted octanol–water partition coefficient (Wildman–Crippen LogP) is 14.5. The van der Waals surface area contributed by atoms with E-state index in [9.17, 15) is 0 Å². The Balaban J connectivity index is 1.17. The lowest BCUT2D eigenvalue weighted by Crippen LogP contribution is -1.98. The fourth-order valence-corrected chi connectivity index (χ4v) is 9.15. The molecule has 0 atom stereocenters. The summed E-state index contributed by atoms with van der Waals surface area (Å²) >= 11 is 0. The van der Waals surface area contributed by atoms with E-state index in [-0.39, 0.29) is 0 Å². The number of fused-ring (bicyclic) bond motifs is 12. The zero-order valence-electron chi connectivity index (χ0n) is 29.7. The van der Waals surface area contributed by atoms with Crippen LogP contribution in [0.15, 0.2) is 176 Å². The number of nitrogens with zero attached hydrogens (tertiary/aromatic N) is 1. The van der Waals surface area contributed by atoms with Crippen LogP contribution in [-0.2, 0) is 0 Å². The van der Waals surface area contributed by atoms with Crippen molar-refractivity contribution in [2.45, 2.75) is 13.8 Å². The lowest BCUT2D eigenvalue weighted by Gasteiger charge is -2.17. The second-order valence-corrected chi connectivity index (χ2v) is 14.5. The third-order valence-electron chi connectivity index (χ3n) is 11.7. The van der Waals surface area contributed by atoms with Crippen LogP contribution in [0.4, 0.5) is 0 Å². The van der Waals surface area contributed by atoms with Crippen LogP contribution in [0.25, 0.3) is 103 Å². The molecule has 248 valence electrons. The number of aromatic nitrogens is 1. The predicted molar refractivity (Wildman–Crippen MR) is 229 cm³/mol. The Bertz CT molecular complexity index is 3290. The molecular weight excluding hydrogens is 639 g/mol. The zero-order valence-corrected chi connectivity index (χ0v) is 29.7. The molecule has 0 radical (unpaired) electrons. The molecule has 1 heterocycles. The van der Waals surface area contributed by atoms with E-state index in [1.807, 2.05) is 0 Å². The highest BCUT2D eigenvalue weighted by Gasteiger charge is 2.22. The van der Waals surface area contributed by atoms with Gasteiger partial charge in [-0.15, -0.1) is 0 Å². The maximum Gasteiger partial charge on any atom is 0.0619 e. The summed E-state index contributed by atoms with van der Waals surface area (Å²) in [6, 6.07) is 65.1. The molecule has 1 nitrogen and oxygen atoms in total. The average molecular weight is 674 g/mol. The van der Waals surface area contributed by atoms with Crippen molar-refractivity contribution in [3.63, 3.8) is 0 Å². The van der Waals surface area contributed by atoms with Gasteiger partial charge in [0.25, 0.3) is 0 Å². The first kappa shape index (κ1) is 30.0. The highest BCUT2D eigenvalue weighted by atomic mass is 15.0. The second-order valence-electron chi connectivity index (χ2n) is 14.5. The molecule has 0 aliphatic heterocycles. The summed E-state index contributed by atoms with van der Waals surface area (Å²) in [5.41, 5.74) is 10.1. The van der Waals surface area contributed by atoms with E-state index >= 15 is 0 Å². The molecule has 1 aromatic heterocycles. The molecule has 53 heavy (non-hydrogen) atoms. The number of hydrogen-bond donors (Lipinski definition) is 0. The van der Waals surface area contributed by atoms with Crippen molar-refractivity contribution >= 4 is 75.5 Å². The van der Waals surface area contributed by atoms with Gasteiger partial charge in [-0.2, -0.15) is 0 Å². The fraction of sp³-hybridized carbons (Fsp3) is 0.0385. The lowest BCUT2D eigenvalue weighted by molar-refractivity contribution is 1.04. The van der Waals surface area contributed by atoms with Crippen LogP contribution in [0.3, 0.4) is 0 Å². The molecular formula is C52H35N. The summed E-state index contributed by atoms with van der Waals surface area (Å²) in [5.74, 6) is 0. The minimum atomic E-state index is 1.18. The molecule has 0 saturated heterocycles. The minimum Gasteiger partial charge on any atom is -0.313 e. The van der Waals surface area contributed by atoms with Crippen molar-refractivity contribution in [1.82, 2.24) is 4.57 Å². The molecule has 11 aromatic rings. The topological polar surface area (TPSA) is 4.93 Å². The van der Waals surface area contributed by atoms with E-state index in [0.29, 0.717) is 0 Å². The van der Waals surface area contributed by atoms with E-state index in [0.717, 1.165) is 0 Å².